The van der Waals surface area contributed by atoms with Gasteiger partial charge in [-0.3, -0.25) is 9.59 Å². The Labute approximate surface area is 141 Å². The second-order valence-corrected chi connectivity index (χ2v) is 6.03. The number of halogens is 1. The Morgan fingerprint density at radius 3 is 2.55 bits per heavy atom. The fraction of sp³-hybridized carbons (Fsp3) is 0.467. The highest BCUT2D eigenvalue weighted by Crippen LogP contribution is 2.29. The first-order valence-electron chi connectivity index (χ1n) is 7.01. The number of hydroxylamine groups is 1. The van der Waals surface area contributed by atoms with Gasteiger partial charge in [0.05, 0.1) is 5.92 Å². The van der Waals surface area contributed by atoms with Crippen LogP contribution < -0.4 is 15.6 Å². The average Bonchev–Trinajstić information content (AvgIpc) is 2.49. The number of hydrogen-bond donors (Lipinski definition) is 3. The number of carbonyl (C=O) groups is 2. The van der Waals surface area contributed by atoms with Gasteiger partial charge in [-0.1, -0.05) is 25.4 Å². The van der Waals surface area contributed by atoms with E-state index in [-0.39, 0.29) is 17.7 Å². The van der Waals surface area contributed by atoms with Gasteiger partial charge in [0.2, 0.25) is 5.91 Å². The molecule has 1 aromatic carbocycles. The summed E-state index contributed by atoms with van der Waals surface area (Å²) in [5.41, 5.74) is 2.97. The van der Waals surface area contributed by atoms with Crippen LogP contribution in [0.4, 0.5) is 0 Å². The standard InChI is InChI=1S/C15H21ClN2O3S/c1-9(2)14(19)18-21-13-5-4-11(16)8-12(13)10(3)15(20)17-6-7-22/h4-5,8-10,22H,6-7H2,1-3H3,(H,17,20)(H,18,19). The number of rotatable bonds is 7. The molecular formula is C15H21ClN2O3S. The van der Waals surface area contributed by atoms with Gasteiger partial charge < -0.3 is 10.2 Å². The highest BCUT2D eigenvalue weighted by Gasteiger charge is 2.20. The summed E-state index contributed by atoms with van der Waals surface area (Å²) in [6.45, 7) is 5.74. The molecule has 0 aromatic heterocycles. The van der Waals surface area contributed by atoms with Crippen LogP contribution in [0.5, 0.6) is 5.75 Å². The molecule has 0 heterocycles. The summed E-state index contributed by atoms with van der Waals surface area (Å²) in [4.78, 5) is 29.0. The normalized spacial score (nSPS) is 11.9. The monoisotopic (exact) mass is 344 g/mol. The van der Waals surface area contributed by atoms with Gasteiger partial charge >= 0.3 is 0 Å². The number of hydrogen-bond acceptors (Lipinski definition) is 4. The molecule has 2 N–H and O–H groups in total. The van der Waals surface area contributed by atoms with Crippen molar-refractivity contribution >= 4 is 36.0 Å². The van der Waals surface area contributed by atoms with Crippen molar-refractivity contribution in [2.24, 2.45) is 5.92 Å². The van der Waals surface area contributed by atoms with Gasteiger partial charge in [0.25, 0.3) is 5.91 Å². The Balaban J connectivity index is 2.90. The lowest BCUT2D eigenvalue weighted by atomic mass is 9.99. The first-order valence-corrected chi connectivity index (χ1v) is 8.02. The molecule has 5 nitrogen and oxygen atoms in total. The van der Waals surface area contributed by atoms with Crippen molar-refractivity contribution in [2.45, 2.75) is 26.7 Å². The van der Waals surface area contributed by atoms with Crippen molar-refractivity contribution in [1.82, 2.24) is 10.8 Å². The van der Waals surface area contributed by atoms with Crippen LogP contribution >= 0.6 is 24.2 Å². The van der Waals surface area contributed by atoms with Crippen LogP contribution in [-0.2, 0) is 9.59 Å². The Hall–Kier alpha value is -1.40. The molecule has 122 valence electrons. The predicted molar refractivity (Wildman–Crippen MR) is 90.3 cm³/mol. The van der Waals surface area contributed by atoms with Crippen molar-refractivity contribution in [1.29, 1.82) is 0 Å². The van der Waals surface area contributed by atoms with Gasteiger partial charge in [0, 0.05) is 28.8 Å². The van der Waals surface area contributed by atoms with Crippen molar-refractivity contribution in [3.8, 4) is 5.75 Å². The molecule has 1 aromatic rings. The summed E-state index contributed by atoms with van der Waals surface area (Å²) in [5, 5.41) is 3.25. The fourth-order valence-corrected chi connectivity index (χ4v) is 1.94. The molecule has 0 bridgehead atoms. The molecule has 0 saturated heterocycles. The summed E-state index contributed by atoms with van der Waals surface area (Å²) in [5.74, 6) is -0.116. The van der Waals surface area contributed by atoms with Crippen molar-refractivity contribution in [2.75, 3.05) is 12.3 Å². The van der Waals surface area contributed by atoms with Crippen LogP contribution in [0, 0.1) is 5.92 Å². The van der Waals surface area contributed by atoms with Crippen molar-refractivity contribution in [3.05, 3.63) is 28.8 Å². The maximum Gasteiger partial charge on any atom is 0.255 e. The van der Waals surface area contributed by atoms with Crippen LogP contribution in [0.1, 0.15) is 32.3 Å². The molecule has 7 heteroatoms. The van der Waals surface area contributed by atoms with Crippen LogP contribution in [0.3, 0.4) is 0 Å². The molecule has 0 fully saturated rings. The minimum Gasteiger partial charge on any atom is -0.379 e. The molecule has 0 aliphatic heterocycles. The van der Waals surface area contributed by atoms with E-state index in [4.69, 9.17) is 16.4 Å². The first-order chi connectivity index (χ1) is 10.4. The van der Waals surface area contributed by atoms with E-state index >= 15 is 0 Å². The van der Waals surface area contributed by atoms with Gasteiger partial charge in [-0.25, -0.2) is 0 Å². The van der Waals surface area contributed by atoms with Crippen LogP contribution in [0.25, 0.3) is 0 Å². The molecule has 1 atom stereocenters. The lowest BCUT2D eigenvalue weighted by Crippen LogP contribution is -2.32. The minimum atomic E-state index is -0.468. The summed E-state index contributed by atoms with van der Waals surface area (Å²) in [6.07, 6.45) is 0. The number of nitrogens with one attached hydrogen (secondary N) is 2. The molecule has 0 aliphatic carbocycles. The zero-order valence-corrected chi connectivity index (χ0v) is 14.5. The lowest BCUT2D eigenvalue weighted by molar-refractivity contribution is -0.130. The van der Waals surface area contributed by atoms with E-state index in [1.807, 2.05) is 0 Å². The second kappa shape index (κ2) is 8.90. The first kappa shape index (κ1) is 18.6. The molecule has 0 saturated carbocycles. The number of amides is 2. The Morgan fingerprint density at radius 1 is 1.27 bits per heavy atom. The third-order valence-electron chi connectivity index (χ3n) is 3.03. The minimum absolute atomic E-state index is 0.156. The largest absolute Gasteiger partial charge is 0.379 e. The lowest BCUT2D eigenvalue weighted by Gasteiger charge is -2.17. The maximum absolute atomic E-state index is 12.1. The molecule has 0 radical (unpaired) electrons. The topological polar surface area (TPSA) is 67.4 Å². The van der Waals surface area contributed by atoms with Crippen LogP contribution in [0.2, 0.25) is 5.02 Å². The fourth-order valence-electron chi connectivity index (χ4n) is 1.65. The summed E-state index contributed by atoms with van der Waals surface area (Å²) < 4.78 is 0. The molecule has 22 heavy (non-hydrogen) atoms. The van der Waals surface area contributed by atoms with Gasteiger partial charge in [-0.15, -0.1) is 0 Å². The zero-order valence-electron chi connectivity index (χ0n) is 12.9. The van der Waals surface area contributed by atoms with E-state index in [1.54, 1.807) is 39.0 Å². The van der Waals surface area contributed by atoms with Gasteiger partial charge in [0.1, 0.15) is 0 Å². The van der Waals surface area contributed by atoms with Crippen LogP contribution in [-0.4, -0.2) is 24.1 Å². The van der Waals surface area contributed by atoms with E-state index in [0.29, 0.717) is 28.6 Å². The SMILES string of the molecule is CC(C)C(=O)NOc1ccc(Cl)cc1C(C)C(=O)NCCS. The van der Waals surface area contributed by atoms with E-state index in [2.05, 4.69) is 23.4 Å². The highest BCUT2D eigenvalue weighted by atomic mass is 35.5. The summed E-state index contributed by atoms with van der Waals surface area (Å²) in [7, 11) is 0. The molecular weight excluding hydrogens is 324 g/mol. The summed E-state index contributed by atoms with van der Waals surface area (Å²) >= 11 is 10.1. The van der Waals surface area contributed by atoms with Gasteiger partial charge in [-0.2, -0.15) is 18.1 Å². The average molecular weight is 345 g/mol. The number of thiol groups is 1. The third-order valence-corrected chi connectivity index (χ3v) is 3.49. The molecule has 0 spiro atoms. The maximum atomic E-state index is 12.1. The van der Waals surface area contributed by atoms with Gasteiger partial charge in [0.15, 0.2) is 5.75 Å². The van der Waals surface area contributed by atoms with Crippen LogP contribution in [0.15, 0.2) is 18.2 Å². The van der Waals surface area contributed by atoms with E-state index in [0.717, 1.165) is 0 Å². The zero-order chi connectivity index (χ0) is 16.7. The Morgan fingerprint density at radius 2 is 1.95 bits per heavy atom. The Kier molecular flexibility index (Phi) is 7.55. The predicted octanol–water partition coefficient (Wildman–Crippen LogP) is 2.56. The smallest absolute Gasteiger partial charge is 0.255 e. The highest BCUT2D eigenvalue weighted by molar-refractivity contribution is 7.80. The van der Waals surface area contributed by atoms with E-state index < -0.39 is 5.92 Å². The molecule has 0 aliphatic rings. The summed E-state index contributed by atoms with van der Waals surface area (Å²) in [6, 6.07) is 4.92. The Bertz CT molecular complexity index is 538. The molecule has 2 amide bonds. The molecule has 1 unspecified atom stereocenters. The second-order valence-electron chi connectivity index (χ2n) is 5.14. The number of benzene rings is 1. The van der Waals surface area contributed by atoms with Gasteiger partial charge in [-0.05, 0) is 25.1 Å². The quantitative estimate of drug-likeness (QED) is 0.526. The number of carbonyl (C=O) groups excluding carboxylic acids is 2. The molecule has 1 rings (SSSR count). The van der Waals surface area contributed by atoms with E-state index in [9.17, 15) is 9.59 Å². The van der Waals surface area contributed by atoms with Crippen molar-refractivity contribution < 1.29 is 14.4 Å². The van der Waals surface area contributed by atoms with E-state index in [1.165, 1.54) is 0 Å². The third kappa shape index (κ3) is 5.42. The van der Waals surface area contributed by atoms with Crippen molar-refractivity contribution in [3.63, 3.8) is 0 Å².